The molecular formula is C27H37N3O2S. The van der Waals surface area contributed by atoms with Crippen LogP contribution >= 0.6 is 11.3 Å². The van der Waals surface area contributed by atoms with Crippen molar-refractivity contribution in [2.24, 2.45) is 5.92 Å². The third-order valence-electron chi connectivity index (χ3n) is 7.21. The molecule has 1 aromatic carbocycles. The molecule has 2 amide bonds. The van der Waals surface area contributed by atoms with E-state index in [1.807, 2.05) is 27.2 Å². The third-order valence-corrected chi connectivity index (χ3v) is 8.21. The van der Waals surface area contributed by atoms with Crippen LogP contribution < -0.4 is 0 Å². The Kier molecular flexibility index (Phi) is 8.20. The summed E-state index contributed by atoms with van der Waals surface area (Å²) in [6.45, 7) is 8.20. The van der Waals surface area contributed by atoms with E-state index in [1.165, 1.54) is 16.0 Å². The number of hydrogen-bond donors (Lipinski definition) is 0. The summed E-state index contributed by atoms with van der Waals surface area (Å²) < 4.78 is 0. The predicted octanol–water partition coefficient (Wildman–Crippen LogP) is 4.58. The van der Waals surface area contributed by atoms with Gasteiger partial charge in [0.25, 0.3) is 0 Å². The first kappa shape index (κ1) is 24.0. The lowest BCUT2D eigenvalue weighted by atomic mass is 9.93. The van der Waals surface area contributed by atoms with Crippen LogP contribution in [0.25, 0.3) is 0 Å². The Balaban J connectivity index is 1.37. The molecule has 2 atom stereocenters. The van der Waals surface area contributed by atoms with Gasteiger partial charge < -0.3 is 9.80 Å². The molecule has 5 nitrogen and oxygen atoms in total. The van der Waals surface area contributed by atoms with Crippen LogP contribution in [0.5, 0.6) is 0 Å². The molecule has 2 aliphatic heterocycles. The Bertz CT molecular complexity index is 920. The van der Waals surface area contributed by atoms with Gasteiger partial charge in [0.1, 0.15) is 0 Å². The summed E-state index contributed by atoms with van der Waals surface area (Å²) in [6.07, 6.45) is 5.11. The molecule has 178 valence electrons. The lowest BCUT2D eigenvalue weighted by Crippen LogP contribution is -2.54. The Labute approximate surface area is 202 Å². The van der Waals surface area contributed by atoms with Crippen LogP contribution in [0.4, 0.5) is 0 Å². The van der Waals surface area contributed by atoms with Crippen LogP contribution in [0, 0.1) is 5.92 Å². The molecule has 3 heterocycles. The Morgan fingerprint density at radius 1 is 1.00 bits per heavy atom. The minimum absolute atomic E-state index is 0.131. The molecule has 1 aromatic heterocycles. The monoisotopic (exact) mass is 467 g/mol. The zero-order chi connectivity index (χ0) is 23.2. The van der Waals surface area contributed by atoms with Gasteiger partial charge in [-0.15, -0.1) is 11.3 Å². The fourth-order valence-corrected chi connectivity index (χ4v) is 6.13. The standard InChI is InChI=1S/C27H37N3O2S/c1-3-5-9-21(4-2)27(32)29-17-15-28(16-18-29)25(31)20-30-14-12-24-23(13-19-33-24)26(30)22-10-7-6-8-11-22/h6-8,10-11,13,19,21,26H,3-5,9,12,14-18,20H2,1-2H3/t21-,26+/m1/s1. The zero-order valence-corrected chi connectivity index (χ0v) is 20.9. The summed E-state index contributed by atoms with van der Waals surface area (Å²) in [5, 5.41) is 2.17. The molecule has 4 rings (SSSR count). The molecule has 2 aromatic rings. The van der Waals surface area contributed by atoms with Gasteiger partial charge in [0.05, 0.1) is 12.6 Å². The first-order valence-electron chi connectivity index (χ1n) is 12.5. The summed E-state index contributed by atoms with van der Waals surface area (Å²) >= 11 is 1.83. The first-order valence-corrected chi connectivity index (χ1v) is 13.4. The Hall–Kier alpha value is -2.18. The number of fused-ring (bicyclic) bond motifs is 1. The average Bonchev–Trinajstić information content (AvgIpc) is 3.33. The van der Waals surface area contributed by atoms with Crippen molar-refractivity contribution >= 4 is 23.2 Å². The number of amides is 2. The van der Waals surface area contributed by atoms with E-state index < -0.39 is 0 Å². The van der Waals surface area contributed by atoms with Gasteiger partial charge >= 0.3 is 0 Å². The molecular weight excluding hydrogens is 430 g/mol. The second-order valence-electron chi connectivity index (χ2n) is 9.29. The minimum atomic E-state index is 0.131. The van der Waals surface area contributed by atoms with E-state index >= 15 is 0 Å². The molecule has 0 saturated carbocycles. The third kappa shape index (κ3) is 5.49. The summed E-state index contributed by atoms with van der Waals surface area (Å²) in [6, 6.07) is 12.9. The van der Waals surface area contributed by atoms with Crippen molar-refractivity contribution in [3.8, 4) is 0 Å². The van der Waals surface area contributed by atoms with Crippen molar-refractivity contribution in [1.82, 2.24) is 14.7 Å². The molecule has 0 unspecified atom stereocenters. The fourth-order valence-electron chi connectivity index (χ4n) is 5.23. The van der Waals surface area contributed by atoms with Gasteiger partial charge in [0, 0.05) is 43.5 Å². The highest BCUT2D eigenvalue weighted by Crippen LogP contribution is 2.37. The number of unbranched alkanes of at least 4 members (excludes halogenated alkanes) is 1. The van der Waals surface area contributed by atoms with Crippen LogP contribution in [0.1, 0.15) is 61.6 Å². The van der Waals surface area contributed by atoms with Crippen LogP contribution in [-0.2, 0) is 16.0 Å². The molecule has 1 saturated heterocycles. The fraction of sp³-hybridized carbons (Fsp3) is 0.556. The van der Waals surface area contributed by atoms with E-state index in [2.05, 4.69) is 54.5 Å². The molecule has 6 heteroatoms. The highest BCUT2D eigenvalue weighted by molar-refractivity contribution is 7.10. The lowest BCUT2D eigenvalue weighted by molar-refractivity contribution is -0.143. The van der Waals surface area contributed by atoms with Crippen molar-refractivity contribution in [1.29, 1.82) is 0 Å². The van der Waals surface area contributed by atoms with E-state index in [1.54, 1.807) is 0 Å². The van der Waals surface area contributed by atoms with E-state index in [9.17, 15) is 9.59 Å². The van der Waals surface area contributed by atoms with E-state index in [0.29, 0.717) is 32.7 Å². The van der Waals surface area contributed by atoms with Crippen LogP contribution in [0.3, 0.4) is 0 Å². The van der Waals surface area contributed by atoms with Gasteiger partial charge in [-0.1, -0.05) is 57.0 Å². The van der Waals surface area contributed by atoms with Crippen LogP contribution in [0.15, 0.2) is 41.8 Å². The van der Waals surface area contributed by atoms with Crippen LogP contribution in [0.2, 0.25) is 0 Å². The van der Waals surface area contributed by atoms with Crippen molar-refractivity contribution < 1.29 is 9.59 Å². The molecule has 0 radical (unpaired) electrons. The topological polar surface area (TPSA) is 43.9 Å². The smallest absolute Gasteiger partial charge is 0.236 e. The van der Waals surface area contributed by atoms with E-state index in [-0.39, 0.29) is 23.8 Å². The van der Waals surface area contributed by atoms with Crippen molar-refractivity contribution in [2.75, 3.05) is 39.3 Å². The van der Waals surface area contributed by atoms with Gasteiger partial charge in [-0.2, -0.15) is 0 Å². The minimum Gasteiger partial charge on any atom is -0.339 e. The maximum absolute atomic E-state index is 13.3. The summed E-state index contributed by atoms with van der Waals surface area (Å²) in [4.78, 5) is 33.9. The molecule has 0 N–H and O–H groups in total. The Morgan fingerprint density at radius 3 is 2.42 bits per heavy atom. The van der Waals surface area contributed by atoms with E-state index in [4.69, 9.17) is 0 Å². The number of thiophene rings is 1. The normalized spacial score (nSPS) is 19.9. The molecule has 0 bridgehead atoms. The quantitative estimate of drug-likeness (QED) is 0.571. The second-order valence-corrected chi connectivity index (χ2v) is 10.3. The SMILES string of the molecule is CCCC[C@@H](CC)C(=O)N1CCN(C(=O)CN2CCc3sccc3[C@@H]2c2ccccc2)CC1. The summed E-state index contributed by atoms with van der Waals surface area (Å²) in [5.74, 6) is 0.593. The second kappa shape index (κ2) is 11.3. The van der Waals surface area contributed by atoms with Crippen molar-refractivity contribution in [2.45, 2.75) is 52.0 Å². The molecule has 0 spiro atoms. The molecule has 2 aliphatic rings. The van der Waals surface area contributed by atoms with Crippen molar-refractivity contribution in [3.63, 3.8) is 0 Å². The molecule has 0 aliphatic carbocycles. The number of carbonyl (C=O) groups is 2. The maximum Gasteiger partial charge on any atom is 0.236 e. The lowest BCUT2D eigenvalue weighted by Gasteiger charge is -2.39. The van der Waals surface area contributed by atoms with Gasteiger partial charge in [0.2, 0.25) is 11.8 Å². The number of piperazine rings is 1. The molecule has 1 fully saturated rings. The van der Waals surface area contributed by atoms with Gasteiger partial charge in [-0.05, 0) is 41.8 Å². The maximum atomic E-state index is 13.3. The number of rotatable bonds is 8. The predicted molar refractivity (Wildman–Crippen MR) is 134 cm³/mol. The number of hydrogen-bond acceptors (Lipinski definition) is 4. The first-order chi connectivity index (χ1) is 16.1. The average molecular weight is 468 g/mol. The van der Waals surface area contributed by atoms with Crippen LogP contribution in [-0.4, -0.2) is 65.8 Å². The zero-order valence-electron chi connectivity index (χ0n) is 20.0. The number of benzene rings is 1. The Morgan fingerprint density at radius 2 is 1.73 bits per heavy atom. The van der Waals surface area contributed by atoms with Crippen molar-refractivity contribution in [3.05, 3.63) is 57.8 Å². The largest absolute Gasteiger partial charge is 0.339 e. The molecule has 33 heavy (non-hydrogen) atoms. The van der Waals surface area contributed by atoms with Gasteiger partial charge in [0.15, 0.2) is 0 Å². The number of nitrogens with zero attached hydrogens (tertiary/aromatic N) is 3. The van der Waals surface area contributed by atoms with E-state index in [0.717, 1.165) is 38.6 Å². The van der Waals surface area contributed by atoms with Gasteiger partial charge in [-0.3, -0.25) is 14.5 Å². The summed E-state index contributed by atoms with van der Waals surface area (Å²) in [5.41, 5.74) is 2.59. The highest BCUT2D eigenvalue weighted by atomic mass is 32.1. The van der Waals surface area contributed by atoms with Gasteiger partial charge in [-0.25, -0.2) is 0 Å². The highest BCUT2D eigenvalue weighted by Gasteiger charge is 2.33. The number of carbonyl (C=O) groups excluding carboxylic acids is 2. The summed E-state index contributed by atoms with van der Waals surface area (Å²) in [7, 11) is 0.